The summed E-state index contributed by atoms with van der Waals surface area (Å²) in [6.07, 6.45) is 0. The number of hydrogen-bond acceptors (Lipinski definition) is 2. The molecule has 0 spiro atoms. The predicted octanol–water partition coefficient (Wildman–Crippen LogP) is 2.73. The Balaban J connectivity index is 1.67. The van der Waals surface area contributed by atoms with Crippen LogP contribution in [-0.4, -0.2) is 24.9 Å². The first-order valence-corrected chi connectivity index (χ1v) is 9.78. The molecule has 3 aromatic rings. The van der Waals surface area contributed by atoms with Crippen LogP contribution in [-0.2, 0) is 4.79 Å². The normalized spacial score (nSPS) is 10.6. The van der Waals surface area contributed by atoms with Crippen LogP contribution >= 0.6 is 0 Å². The maximum Gasteiger partial charge on any atom is 0.279 e. The van der Waals surface area contributed by atoms with E-state index in [1.165, 1.54) is 0 Å². The minimum absolute atomic E-state index is 0.0322. The lowest BCUT2D eigenvalue weighted by Crippen LogP contribution is -2.87. The zero-order valence-corrected chi connectivity index (χ0v) is 16.5. The van der Waals surface area contributed by atoms with Gasteiger partial charge in [0.25, 0.3) is 11.8 Å². The lowest BCUT2D eigenvalue weighted by molar-refractivity contribution is -0.676. The molecule has 0 fully saturated rings. The van der Waals surface area contributed by atoms with Crippen LogP contribution in [0.15, 0.2) is 84.9 Å². The number of nitrogens with one attached hydrogen (secondary N) is 2. The highest BCUT2D eigenvalue weighted by atomic mass is 16.2. The van der Waals surface area contributed by atoms with E-state index in [2.05, 4.69) is 34.9 Å². The number of carbonyl (C=O) groups excluding carboxylic acids is 2. The van der Waals surface area contributed by atoms with E-state index in [4.69, 9.17) is 0 Å². The van der Waals surface area contributed by atoms with Crippen molar-refractivity contribution in [2.45, 2.75) is 13.0 Å². The lowest BCUT2D eigenvalue weighted by Gasteiger charge is -2.16. The predicted molar refractivity (Wildman–Crippen MR) is 115 cm³/mol. The van der Waals surface area contributed by atoms with Crippen molar-refractivity contribution in [1.82, 2.24) is 5.32 Å². The summed E-state index contributed by atoms with van der Waals surface area (Å²) in [4.78, 5) is 24.5. The molecule has 0 unspecified atom stereocenters. The molecule has 0 aliphatic heterocycles. The number of rotatable bonds is 8. The van der Waals surface area contributed by atoms with Gasteiger partial charge < -0.3 is 16.0 Å². The summed E-state index contributed by atoms with van der Waals surface area (Å²) in [6.45, 7) is 2.69. The van der Waals surface area contributed by atoms with Gasteiger partial charge in [0.2, 0.25) is 0 Å². The molecule has 3 aromatic carbocycles. The van der Waals surface area contributed by atoms with Crippen molar-refractivity contribution < 1.29 is 14.9 Å². The lowest BCUT2D eigenvalue weighted by atomic mass is 9.99. The van der Waals surface area contributed by atoms with E-state index >= 15 is 0 Å². The zero-order chi connectivity index (χ0) is 20.5. The monoisotopic (exact) mass is 388 g/mol. The average Bonchev–Trinajstić information content (AvgIpc) is 2.76. The van der Waals surface area contributed by atoms with Crippen molar-refractivity contribution in [1.29, 1.82) is 0 Å². The molecule has 5 heteroatoms. The smallest absolute Gasteiger partial charge is 0.279 e. The molecular weight excluding hydrogens is 362 g/mol. The van der Waals surface area contributed by atoms with E-state index in [1.54, 1.807) is 24.3 Å². The van der Waals surface area contributed by atoms with Gasteiger partial charge in [-0.3, -0.25) is 9.59 Å². The van der Waals surface area contributed by atoms with Crippen LogP contribution in [0.4, 0.5) is 5.69 Å². The fraction of sp³-hybridized carbons (Fsp3) is 0.167. The highest BCUT2D eigenvalue weighted by Gasteiger charge is 2.18. The molecule has 0 aliphatic carbocycles. The van der Waals surface area contributed by atoms with Crippen molar-refractivity contribution in [3.8, 4) is 0 Å². The molecule has 0 radical (unpaired) electrons. The fourth-order valence-electron chi connectivity index (χ4n) is 3.22. The number of benzene rings is 3. The topological polar surface area (TPSA) is 74.8 Å². The summed E-state index contributed by atoms with van der Waals surface area (Å²) in [6, 6.07) is 27.3. The molecule has 0 aliphatic rings. The average molecular weight is 388 g/mol. The van der Waals surface area contributed by atoms with Crippen molar-refractivity contribution in [2.24, 2.45) is 0 Å². The van der Waals surface area contributed by atoms with E-state index in [-0.39, 0.29) is 24.4 Å². The van der Waals surface area contributed by atoms with Crippen LogP contribution < -0.4 is 16.0 Å². The van der Waals surface area contributed by atoms with Gasteiger partial charge in [0.05, 0.1) is 0 Å². The summed E-state index contributed by atoms with van der Waals surface area (Å²) < 4.78 is 0. The van der Waals surface area contributed by atoms with Crippen LogP contribution in [0.1, 0.15) is 34.5 Å². The Morgan fingerprint density at radius 1 is 0.862 bits per heavy atom. The van der Waals surface area contributed by atoms with Gasteiger partial charge in [0.15, 0.2) is 6.54 Å². The Morgan fingerprint density at radius 3 is 2.07 bits per heavy atom. The van der Waals surface area contributed by atoms with Crippen LogP contribution in [0.3, 0.4) is 0 Å². The SMILES string of the molecule is CCNC(=O)c1cccc(NC(=O)C[NH2+]C(c2ccccc2)c2ccccc2)c1. The Morgan fingerprint density at radius 2 is 1.48 bits per heavy atom. The van der Waals surface area contributed by atoms with E-state index in [9.17, 15) is 9.59 Å². The van der Waals surface area contributed by atoms with Gasteiger partial charge in [-0.2, -0.15) is 0 Å². The molecule has 0 bridgehead atoms. The molecule has 0 saturated carbocycles. The molecule has 0 aromatic heterocycles. The second-order valence-electron chi connectivity index (χ2n) is 6.73. The minimum atomic E-state index is -0.150. The molecule has 3 rings (SSSR count). The Labute approximate surface area is 171 Å². The Bertz CT molecular complexity index is 903. The van der Waals surface area contributed by atoms with Crippen LogP contribution in [0.25, 0.3) is 0 Å². The minimum Gasteiger partial charge on any atom is -0.352 e. The molecule has 5 nitrogen and oxygen atoms in total. The molecule has 2 amide bonds. The third-order valence-electron chi connectivity index (χ3n) is 4.60. The molecule has 4 N–H and O–H groups in total. The number of amides is 2. The van der Waals surface area contributed by atoms with Gasteiger partial charge in [-0.1, -0.05) is 66.7 Å². The third-order valence-corrected chi connectivity index (χ3v) is 4.60. The highest BCUT2D eigenvalue weighted by molar-refractivity contribution is 5.97. The highest BCUT2D eigenvalue weighted by Crippen LogP contribution is 2.17. The van der Waals surface area contributed by atoms with E-state index in [0.29, 0.717) is 17.8 Å². The molecule has 0 heterocycles. The van der Waals surface area contributed by atoms with Gasteiger partial charge in [0, 0.05) is 28.9 Å². The summed E-state index contributed by atoms with van der Waals surface area (Å²) in [5.41, 5.74) is 3.43. The van der Waals surface area contributed by atoms with Crippen LogP contribution in [0, 0.1) is 0 Å². The summed E-state index contributed by atoms with van der Waals surface area (Å²) in [5, 5.41) is 7.67. The maximum absolute atomic E-state index is 12.5. The molecule has 0 atom stereocenters. The van der Waals surface area contributed by atoms with Gasteiger partial charge in [0.1, 0.15) is 6.04 Å². The fourth-order valence-corrected chi connectivity index (χ4v) is 3.22. The quantitative estimate of drug-likeness (QED) is 0.555. The second-order valence-corrected chi connectivity index (χ2v) is 6.73. The second kappa shape index (κ2) is 10.2. The first-order chi connectivity index (χ1) is 14.2. The van der Waals surface area contributed by atoms with Crippen molar-refractivity contribution in [3.63, 3.8) is 0 Å². The van der Waals surface area contributed by atoms with Crippen molar-refractivity contribution in [3.05, 3.63) is 102 Å². The number of carbonyl (C=O) groups is 2. The van der Waals surface area contributed by atoms with Gasteiger partial charge in [-0.25, -0.2) is 0 Å². The van der Waals surface area contributed by atoms with Crippen molar-refractivity contribution in [2.75, 3.05) is 18.4 Å². The van der Waals surface area contributed by atoms with E-state index in [1.807, 2.05) is 48.6 Å². The van der Waals surface area contributed by atoms with Gasteiger partial charge in [-0.05, 0) is 25.1 Å². The van der Waals surface area contributed by atoms with Crippen molar-refractivity contribution >= 4 is 17.5 Å². The number of nitrogens with two attached hydrogens (primary N) is 1. The number of anilines is 1. The van der Waals surface area contributed by atoms with Gasteiger partial charge >= 0.3 is 0 Å². The largest absolute Gasteiger partial charge is 0.352 e. The van der Waals surface area contributed by atoms with Crippen LogP contribution in [0.2, 0.25) is 0 Å². The van der Waals surface area contributed by atoms with E-state index < -0.39 is 0 Å². The summed E-state index contributed by atoms with van der Waals surface area (Å²) >= 11 is 0. The first-order valence-electron chi connectivity index (χ1n) is 9.78. The maximum atomic E-state index is 12.5. The first kappa shape index (κ1) is 20.3. The number of quaternary nitrogens is 1. The van der Waals surface area contributed by atoms with E-state index in [0.717, 1.165) is 11.1 Å². The standard InChI is InChI=1S/C24H25N3O2/c1-2-25-24(29)20-14-9-15-21(16-20)27-22(28)17-26-23(18-10-5-3-6-11-18)19-12-7-4-8-13-19/h3-16,23,26H,2,17H2,1H3,(H,25,29)(H,27,28)/p+1. The third kappa shape index (κ3) is 5.77. The van der Waals surface area contributed by atoms with Gasteiger partial charge in [-0.15, -0.1) is 0 Å². The molecule has 29 heavy (non-hydrogen) atoms. The molecule has 0 saturated heterocycles. The Hall–Kier alpha value is -3.44. The molecule has 148 valence electrons. The summed E-state index contributed by atoms with van der Waals surface area (Å²) in [7, 11) is 0. The van der Waals surface area contributed by atoms with Crippen LogP contribution in [0.5, 0.6) is 0 Å². The summed E-state index contributed by atoms with van der Waals surface area (Å²) in [5.74, 6) is -0.265. The molecular formula is C24H26N3O2+. The Kier molecular flexibility index (Phi) is 7.14. The zero-order valence-electron chi connectivity index (χ0n) is 16.5. The number of hydrogen-bond donors (Lipinski definition) is 3.